The number of amides is 1. The molecule has 1 heterocycles. The van der Waals surface area contributed by atoms with Gasteiger partial charge in [0, 0.05) is 5.56 Å². The SMILES string of the molecule is Cc1ccc(OC(=O)Nc2cc(C)c(Br)nc2-c2ccccc2)cc1. The van der Waals surface area contributed by atoms with Crippen LogP contribution in [0.1, 0.15) is 11.1 Å². The Hall–Kier alpha value is -2.66. The Balaban J connectivity index is 1.87. The number of anilines is 1. The van der Waals surface area contributed by atoms with E-state index in [1.54, 1.807) is 12.1 Å². The second-order valence-corrected chi connectivity index (χ2v) is 6.44. The van der Waals surface area contributed by atoms with Crippen LogP contribution in [-0.2, 0) is 0 Å². The first-order valence-corrected chi connectivity index (χ1v) is 8.60. The lowest BCUT2D eigenvalue weighted by molar-refractivity contribution is 0.215. The van der Waals surface area contributed by atoms with Gasteiger partial charge in [0.2, 0.25) is 0 Å². The maximum Gasteiger partial charge on any atom is 0.417 e. The summed E-state index contributed by atoms with van der Waals surface area (Å²) in [5, 5.41) is 2.80. The third-order valence-corrected chi connectivity index (χ3v) is 4.47. The summed E-state index contributed by atoms with van der Waals surface area (Å²) < 4.78 is 6.08. The molecule has 25 heavy (non-hydrogen) atoms. The van der Waals surface area contributed by atoms with Gasteiger partial charge in [-0.25, -0.2) is 9.78 Å². The van der Waals surface area contributed by atoms with Gasteiger partial charge in [0.15, 0.2) is 0 Å². The standard InChI is InChI=1S/C20H17BrN2O2/c1-13-8-10-16(11-9-13)25-20(24)22-17-12-14(2)19(21)23-18(17)15-6-4-3-5-7-15/h3-12H,1-2H3,(H,22,24). The van der Waals surface area contributed by atoms with Crippen molar-refractivity contribution in [1.82, 2.24) is 4.98 Å². The van der Waals surface area contributed by atoms with E-state index in [-0.39, 0.29) is 0 Å². The predicted molar refractivity (Wildman–Crippen MR) is 103 cm³/mol. The van der Waals surface area contributed by atoms with Crippen molar-refractivity contribution < 1.29 is 9.53 Å². The van der Waals surface area contributed by atoms with E-state index in [0.29, 0.717) is 17.1 Å². The highest BCUT2D eigenvalue weighted by Crippen LogP contribution is 2.30. The number of carbonyl (C=O) groups is 1. The molecule has 0 saturated heterocycles. The summed E-state index contributed by atoms with van der Waals surface area (Å²) in [6.45, 7) is 3.90. The van der Waals surface area contributed by atoms with Crippen molar-refractivity contribution in [1.29, 1.82) is 0 Å². The van der Waals surface area contributed by atoms with Crippen LogP contribution in [0.5, 0.6) is 5.75 Å². The highest BCUT2D eigenvalue weighted by molar-refractivity contribution is 9.10. The van der Waals surface area contributed by atoms with Gasteiger partial charge in [-0.2, -0.15) is 0 Å². The van der Waals surface area contributed by atoms with Crippen molar-refractivity contribution in [2.45, 2.75) is 13.8 Å². The van der Waals surface area contributed by atoms with Crippen LogP contribution in [0.2, 0.25) is 0 Å². The minimum absolute atomic E-state index is 0.492. The van der Waals surface area contributed by atoms with E-state index in [2.05, 4.69) is 26.2 Å². The quantitative estimate of drug-likeness (QED) is 0.574. The van der Waals surface area contributed by atoms with Gasteiger partial charge in [0.1, 0.15) is 10.4 Å². The van der Waals surface area contributed by atoms with Gasteiger partial charge in [-0.3, -0.25) is 5.32 Å². The van der Waals surface area contributed by atoms with Crippen LogP contribution < -0.4 is 10.1 Å². The van der Waals surface area contributed by atoms with Gasteiger partial charge >= 0.3 is 6.09 Å². The fourth-order valence-corrected chi connectivity index (χ4v) is 2.64. The first-order valence-electron chi connectivity index (χ1n) is 7.81. The number of aryl methyl sites for hydroxylation is 2. The number of benzene rings is 2. The number of halogens is 1. The third-order valence-electron chi connectivity index (χ3n) is 3.67. The number of ether oxygens (including phenoxy) is 1. The first-order chi connectivity index (χ1) is 12.0. The van der Waals surface area contributed by atoms with Crippen LogP contribution in [0.4, 0.5) is 10.5 Å². The maximum atomic E-state index is 12.3. The molecule has 0 aliphatic heterocycles. The maximum absolute atomic E-state index is 12.3. The van der Waals surface area contributed by atoms with E-state index in [9.17, 15) is 4.79 Å². The second-order valence-electron chi connectivity index (χ2n) is 5.69. The molecule has 0 spiro atoms. The summed E-state index contributed by atoms with van der Waals surface area (Å²) in [6.07, 6.45) is -0.551. The molecule has 0 atom stereocenters. The lowest BCUT2D eigenvalue weighted by Gasteiger charge is -2.13. The number of hydrogen-bond acceptors (Lipinski definition) is 3. The minimum Gasteiger partial charge on any atom is -0.410 e. The average Bonchev–Trinajstić information content (AvgIpc) is 2.60. The van der Waals surface area contributed by atoms with Gasteiger partial charge in [0.25, 0.3) is 0 Å². The Morgan fingerprint density at radius 2 is 1.72 bits per heavy atom. The summed E-state index contributed by atoms with van der Waals surface area (Å²) in [7, 11) is 0. The summed E-state index contributed by atoms with van der Waals surface area (Å²) in [5.74, 6) is 0.492. The lowest BCUT2D eigenvalue weighted by Crippen LogP contribution is -2.17. The number of aromatic nitrogens is 1. The predicted octanol–water partition coefficient (Wildman–Crippen LogP) is 5.74. The van der Waals surface area contributed by atoms with Crippen molar-refractivity contribution in [3.63, 3.8) is 0 Å². The molecule has 0 bridgehead atoms. The van der Waals surface area contributed by atoms with Crippen molar-refractivity contribution in [3.05, 3.63) is 76.4 Å². The zero-order valence-corrected chi connectivity index (χ0v) is 15.5. The average molecular weight is 397 g/mol. The number of nitrogens with one attached hydrogen (secondary N) is 1. The molecule has 0 saturated carbocycles. The molecule has 1 amide bonds. The van der Waals surface area contributed by atoms with E-state index >= 15 is 0 Å². The molecule has 5 heteroatoms. The molecule has 3 rings (SSSR count). The molecule has 2 aromatic carbocycles. The highest BCUT2D eigenvalue weighted by atomic mass is 79.9. The zero-order chi connectivity index (χ0) is 17.8. The van der Waals surface area contributed by atoms with Crippen molar-refractivity contribution in [3.8, 4) is 17.0 Å². The molecule has 0 fully saturated rings. The molecule has 0 unspecified atom stereocenters. The Kier molecular flexibility index (Phi) is 5.14. The Morgan fingerprint density at radius 3 is 2.40 bits per heavy atom. The van der Waals surface area contributed by atoms with E-state index < -0.39 is 6.09 Å². The summed E-state index contributed by atoms with van der Waals surface area (Å²) in [5.41, 5.74) is 4.22. The second kappa shape index (κ2) is 7.49. The Morgan fingerprint density at radius 1 is 1.04 bits per heavy atom. The fraction of sp³-hybridized carbons (Fsp3) is 0.100. The molecule has 0 aliphatic carbocycles. The smallest absolute Gasteiger partial charge is 0.410 e. The van der Waals surface area contributed by atoms with E-state index in [4.69, 9.17) is 4.74 Å². The van der Waals surface area contributed by atoms with Crippen molar-refractivity contribution >= 4 is 27.7 Å². The molecule has 3 aromatic rings. The normalized spacial score (nSPS) is 10.4. The topological polar surface area (TPSA) is 51.2 Å². The third kappa shape index (κ3) is 4.25. The summed E-state index contributed by atoms with van der Waals surface area (Å²) >= 11 is 3.45. The highest BCUT2D eigenvalue weighted by Gasteiger charge is 2.14. The van der Waals surface area contributed by atoms with E-state index in [1.165, 1.54) is 0 Å². The van der Waals surface area contributed by atoms with Crippen LogP contribution in [0.3, 0.4) is 0 Å². The number of pyridine rings is 1. The van der Waals surface area contributed by atoms with Gasteiger partial charge < -0.3 is 4.74 Å². The van der Waals surface area contributed by atoms with Crippen LogP contribution >= 0.6 is 15.9 Å². The molecular formula is C20H17BrN2O2. The first kappa shape index (κ1) is 17.2. The van der Waals surface area contributed by atoms with E-state index in [1.807, 2.05) is 62.4 Å². The van der Waals surface area contributed by atoms with Gasteiger partial charge in [-0.05, 0) is 53.5 Å². The number of nitrogens with zero attached hydrogens (tertiary/aromatic N) is 1. The monoisotopic (exact) mass is 396 g/mol. The number of hydrogen-bond donors (Lipinski definition) is 1. The number of carbonyl (C=O) groups excluding carboxylic acids is 1. The van der Waals surface area contributed by atoms with Crippen molar-refractivity contribution in [2.75, 3.05) is 5.32 Å². The molecule has 1 aromatic heterocycles. The fourth-order valence-electron chi connectivity index (χ4n) is 2.35. The largest absolute Gasteiger partial charge is 0.417 e. The molecule has 4 nitrogen and oxygen atoms in total. The lowest BCUT2D eigenvalue weighted by atomic mass is 10.1. The Bertz CT molecular complexity index is 894. The van der Waals surface area contributed by atoms with Crippen LogP contribution in [0, 0.1) is 13.8 Å². The molecule has 1 N–H and O–H groups in total. The van der Waals surface area contributed by atoms with Crippen LogP contribution in [-0.4, -0.2) is 11.1 Å². The molecule has 0 radical (unpaired) electrons. The van der Waals surface area contributed by atoms with Gasteiger partial charge in [-0.15, -0.1) is 0 Å². The van der Waals surface area contributed by atoms with Crippen molar-refractivity contribution in [2.24, 2.45) is 0 Å². The van der Waals surface area contributed by atoms with Crippen LogP contribution in [0.15, 0.2) is 65.3 Å². The summed E-state index contributed by atoms with van der Waals surface area (Å²) in [4.78, 5) is 16.8. The summed E-state index contributed by atoms with van der Waals surface area (Å²) in [6, 6.07) is 18.9. The molecule has 126 valence electrons. The molecule has 0 aliphatic rings. The number of rotatable bonds is 3. The van der Waals surface area contributed by atoms with Gasteiger partial charge in [-0.1, -0.05) is 48.0 Å². The van der Waals surface area contributed by atoms with E-state index in [0.717, 1.165) is 21.3 Å². The van der Waals surface area contributed by atoms with Crippen LogP contribution in [0.25, 0.3) is 11.3 Å². The molecular weight excluding hydrogens is 380 g/mol. The van der Waals surface area contributed by atoms with Gasteiger partial charge in [0.05, 0.1) is 11.4 Å². The minimum atomic E-state index is -0.551. The Labute approximate surface area is 155 Å². The zero-order valence-electron chi connectivity index (χ0n) is 13.9.